The largest absolute Gasteiger partial charge is 0.331 e. The standard InChI is InChI=1S/C15H15BrN4/c1-3-14-17-10(8-13(16)19-14)9-15-18-11-6-4-5-7-12(11)20(15)2/h4-8H,3,9H2,1-2H3. The molecule has 2 aromatic heterocycles. The third kappa shape index (κ3) is 2.45. The predicted molar refractivity (Wildman–Crippen MR) is 82.6 cm³/mol. The van der Waals surface area contributed by atoms with Crippen LogP contribution < -0.4 is 0 Å². The summed E-state index contributed by atoms with van der Waals surface area (Å²) in [5, 5.41) is 0. The molecule has 0 amide bonds. The zero-order valence-corrected chi connectivity index (χ0v) is 13.1. The minimum Gasteiger partial charge on any atom is -0.331 e. The smallest absolute Gasteiger partial charge is 0.129 e. The van der Waals surface area contributed by atoms with Crippen LogP contribution in [-0.4, -0.2) is 19.5 Å². The van der Waals surface area contributed by atoms with Crippen molar-refractivity contribution in [3.05, 3.63) is 52.3 Å². The van der Waals surface area contributed by atoms with Crippen LogP contribution in [0.3, 0.4) is 0 Å². The summed E-state index contributed by atoms with van der Waals surface area (Å²) in [4.78, 5) is 13.6. The Balaban J connectivity index is 2.01. The average molecular weight is 331 g/mol. The fourth-order valence-electron chi connectivity index (χ4n) is 2.28. The van der Waals surface area contributed by atoms with Crippen LogP contribution >= 0.6 is 15.9 Å². The van der Waals surface area contributed by atoms with E-state index in [9.17, 15) is 0 Å². The number of rotatable bonds is 3. The average Bonchev–Trinajstić information content (AvgIpc) is 2.75. The van der Waals surface area contributed by atoms with E-state index in [4.69, 9.17) is 0 Å². The van der Waals surface area contributed by atoms with E-state index in [1.54, 1.807) is 0 Å². The maximum Gasteiger partial charge on any atom is 0.129 e. The first-order valence-electron chi connectivity index (χ1n) is 6.60. The summed E-state index contributed by atoms with van der Waals surface area (Å²) in [6.45, 7) is 2.06. The van der Waals surface area contributed by atoms with Gasteiger partial charge in [-0.15, -0.1) is 0 Å². The fraction of sp³-hybridized carbons (Fsp3) is 0.267. The van der Waals surface area contributed by atoms with E-state index in [1.807, 2.05) is 31.3 Å². The molecule has 102 valence electrons. The molecule has 0 saturated heterocycles. The van der Waals surface area contributed by atoms with Crippen molar-refractivity contribution in [1.82, 2.24) is 19.5 Å². The lowest BCUT2D eigenvalue weighted by atomic mass is 10.2. The molecule has 0 radical (unpaired) electrons. The van der Waals surface area contributed by atoms with E-state index < -0.39 is 0 Å². The molecule has 0 aliphatic carbocycles. The van der Waals surface area contributed by atoms with E-state index in [0.29, 0.717) is 6.42 Å². The van der Waals surface area contributed by atoms with Gasteiger partial charge in [0.2, 0.25) is 0 Å². The zero-order valence-electron chi connectivity index (χ0n) is 11.5. The summed E-state index contributed by atoms with van der Waals surface area (Å²) in [5.41, 5.74) is 3.15. The van der Waals surface area contributed by atoms with Crippen LogP contribution in [0.2, 0.25) is 0 Å². The van der Waals surface area contributed by atoms with Crippen LogP contribution in [0.15, 0.2) is 34.9 Å². The third-order valence-electron chi connectivity index (χ3n) is 3.33. The highest BCUT2D eigenvalue weighted by Gasteiger charge is 2.10. The van der Waals surface area contributed by atoms with Gasteiger partial charge in [0.05, 0.1) is 16.7 Å². The van der Waals surface area contributed by atoms with E-state index in [-0.39, 0.29) is 0 Å². The second-order valence-electron chi connectivity index (χ2n) is 4.70. The first kappa shape index (κ1) is 13.2. The molecule has 0 unspecified atom stereocenters. The second-order valence-corrected chi connectivity index (χ2v) is 5.52. The number of para-hydroxylation sites is 2. The normalized spacial score (nSPS) is 11.2. The van der Waals surface area contributed by atoms with Crippen LogP contribution in [0, 0.1) is 0 Å². The van der Waals surface area contributed by atoms with Gasteiger partial charge in [-0.1, -0.05) is 19.1 Å². The Labute approximate surface area is 126 Å². The molecule has 0 fully saturated rings. The summed E-state index contributed by atoms with van der Waals surface area (Å²) in [6, 6.07) is 10.1. The van der Waals surface area contributed by atoms with Gasteiger partial charge in [0.25, 0.3) is 0 Å². The molecule has 0 bridgehead atoms. The Morgan fingerprint density at radius 2 is 1.95 bits per heavy atom. The summed E-state index contributed by atoms with van der Waals surface area (Å²) in [6.07, 6.45) is 1.54. The molecule has 3 aromatic rings. The van der Waals surface area contributed by atoms with Gasteiger partial charge in [-0.25, -0.2) is 15.0 Å². The topological polar surface area (TPSA) is 43.6 Å². The molecule has 3 rings (SSSR count). The summed E-state index contributed by atoms with van der Waals surface area (Å²) in [7, 11) is 2.04. The molecule has 5 heteroatoms. The molecule has 4 nitrogen and oxygen atoms in total. The van der Waals surface area contributed by atoms with Crippen molar-refractivity contribution in [2.75, 3.05) is 0 Å². The minimum atomic E-state index is 0.708. The van der Waals surface area contributed by atoms with Crippen molar-refractivity contribution >= 4 is 27.0 Å². The number of nitrogens with zero attached hydrogens (tertiary/aromatic N) is 4. The quantitative estimate of drug-likeness (QED) is 0.692. The maximum absolute atomic E-state index is 4.68. The summed E-state index contributed by atoms with van der Waals surface area (Å²) < 4.78 is 2.95. The Morgan fingerprint density at radius 1 is 1.15 bits per heavy atom. The highest BCUT2D eigenvalue weighted by atomic mass is 79.9. The predicted octanol–water partition coefficient (Wildman–Crippen LogP) is 3.28. The van der Waals surface area contributed by atoms with Crippen LogP contribution in [0.25, 0.3) is 11.0 Å². The molecule has 0 N–H and O–H groups in total. The third-order valence-corrected chi connectivity index (χ3v) is 3.74. The molecular formula is C15H15BrN4. The van der Waals surface area contributed by atoms with Crippen LogP contribution in [0.4, 0.5) is 0 Å². The Morgan fingerprint density at radius 3 is 2.70 bits per heavy atom. The SMILES string of the molecule is CCc1nc(Br)cc(Cc2nc3ccccc3n2C)n1. The summed E-state index contributed by atoms with van der Waals surface area (Å²) in [5.74, 6) is 1.87. The molecular weight excluding hydrogens is 316 g/mol. The first-order valence-corrected chi connectivity index (χ1v) is 7.39. The molecule has 2 heterocycles. The molecule has 1 aromatic carbocycles. The van der Waals surface area contributed by atoms with E-state index >= 15 is 0 Å². The van der Waals surface area contributed by atoms with Crippen LogP contribution in [-0.2, 0) is 19.9 Å². The van der Waals surface area contributed by atoms with E-state index in [0.717, 1.165) is 39.4 Å². The lowest BCUT2D eigenvalue weighted by Crippen LogP contribution is -2.04. The number of imidazole rings is 1. The zero-order chi connectivity index (χ0) is 14.1. The molecule has 0 aliphatic heterocycles. The molecule has 0 spiro atoms. The highest BCUT2D eigenvalue weighted by molar-refractivity contribution is 9.10. The monoisotopic (exact) mass is 330 g/mol. The maximum atomic E-state index is 4.68. The number of aryl methyl sites for hydroxylation is 2. The van der Waals surface area contributed by atoms with Crippen molar-refractivity contribution in [3.8, 4) is 0 Å². The van der Waals surface area contributed by atoms with Crippen LogP contribution in [0.1, 0.15) is 24.3 Å². The summed E-state index contributed by atoms with van der Waals surface area (Å²) >= 11 is 3.44. The van der Waals surface area contributed by atoms with Crippen molar-refractivity contribution in [1.29, 1.82) is 0 Å². The number of halogens is 1. The lowest BCUT2D eigenvalue weighted by molar-refractivity contribution is 0.812. The Hall–Kier alpha value is -1.75. The van der Waals surface area contributed by atoms with Gasteiger partial charge in [0.1, 0.15) is 16.3 Å². The molecule has 0 aliphatic rings. The van der Waals surface area contributed by atoms with Crippen LogP contribution in [0.5, 0.6) is 0 Å². The number of benzene rings is 1. The van der Waals surface area contributed by atoms with Crippen molar-refractivity contribution in [3.63, 3.8) is 0 Å². The molecule has 0 atom stereocenters. The van der Waals surface area contributed by atoms with Gasteiger partial charge in [-0.2, -0.15) is 0 Å². The Kier molecular flexibility index (Phi) is 3.53. The first-order chi connectivity index (χ1) is 9.67. The minimum absolute atomic E-state index is 0.708. The van der Waals surface area contributed by atoms with Gasteiger partial charge in [-0.05, 0) is 34.1 Å². The van der Waals surface area contributed by atoms with Gasteiger partial charge in [0.15, 0.2) is 0 Å². The van der Waals surface area contributed by atoms with E-state index in [2.05, 4.69) is 48.4 Å². The number of fused-ring (bicyclic) bond motifs is 1. The Bertz CT molecular complexity index is 764. The number of hydrogen-bond donors (Lipinski definition) is 0. The van der Waals surface area contributed by atoms with E-state index in [1.165, 1.54) is 0 Å². The molecule has 0 saturated carbocycles. The van der Waals surface area contributed by atoms with Crippen molar-refractivity contribution < 1.29 is 0 Å². The van der Waals surface area contributed by atoms with Crippen molar-refractivity contribution in [2.45, 2.75) is 19.8 Å². The van der Waals surface area contributed by atoms with Gasteiger partial charge < -0.3 is 4.57 Å². The second kappa shape index (κ2) is 5.32. The fourth-order valence-corrected chi connectivity index (χ4v) is 2.75. The van der Waals surface area contributed by atoms with Gasteiger partial charge in [0, 0.05) is 19.9 Å². The number of hydrogen-bond acceptors (Lipinski definition) is 3. The van der Waals surface area contributed by atoms with Gasteiger partial charge in [-0.3, -0.25) is 0 Å². The van der Waals surface area contributed by atoms with Crippen molar-refractivity contribution in [2.24, 2.45) is 7.05 Å². The molecule has 20 heavy (non-hydrogen) atoms. The highest BCUT2D eigenvalue weighted by Crippen LogP contribution is 2.17. The lowest BCUT2D eigenvalue weighted by Gasteiger charge is -2.04. The van der Waals surface area contributed by atoms with Gasteiger partial charge >= 0.3 is 0 Å². The number of aromatic nitrogens is 4.